The molecule has 5 rings (SSSR count). The number of carbonyl (C=O) groups excluding carboxylic acids is 1. The Hall–Kier alpha value is -2.89. The molecule has 1 aliphatic heterocycles. The van der Waals surface area contributed by atoms with Crippen LogP contribution in [0.2, 0.25) is 0 Å². The highest BCUT2D eigenvalue weighted by molar-refractivity contribution is 5.94. The van der Waals surface area contributed by atoms with Gasteiger partial charge in [-0.05, 0) is 31.2 Å². The van der Waals surface area contributed by atoms with Gasteiger partial charge in [-0.2, -0.15) is 10.2 Å². The molecule has 3 aromatic rings. The number of hydrogen-bond donors (Lipinski definition) is 2. The average molecular weight is 361 g/mol. The van der Waals surface area contributed by atoms with Crippen LogP contribution in [-0.2, 0) is 32.2 Å². The number of nitrogens with one attached hydrogen (secondary N) is 2. The van der Waals surface area contributed by atoms with Crippen LogP contribution in [-0.4, -0.2) is 37.7 Å². The van der Waals surface area contributed by atoms with E-state index in [0.29, 0.717) is 18.8 Å². The van der Waals surface area contributed by atoms with Crippen LogP contribution in [0.5, 0.6) is 0 Å². The van der Waals surface area contributed by atoms with Crippen molar-refractivity contribution in [2.75, 3.05) is 6.54 Å². The fraction of sp³-hybridized carbons (Fsp3) is 0.381. The number of aromatic amines is 2. The van der Waals surface area contributed by atoms with Crippen LogP contribution < -0.4 is 0 Å². The molecule has 1 aliphatic carbocycles. The summed E-state index contributed by atoms with van der Waals surface area (Å²) in [6.45, 7) is 1.31. The molecule has 138 valence electrons. The van der Waals surface area contributed by atoms with E-state index in [1.54, 1.807) is 0 Å². The van der Waals surface area contributed by atoms with E-state index in [4.69, 9.17) is 0 Å². The zero-order chi connectivity index (χ0) is 18.2. The van der Waals surface area contributed by atoms with Crippen molar-refractivity contribution < 1.29 is 4.79 Å². The largest absolute Gasteiger partial charge is 0.332 e. The number of aromatic nitrogens is 4. The van der Waals surface area contributed by atoms with Gasteiger partial charge in [0, 0.05) is 48.4 Å². The fourth-order valence-electron chi connectivity index (χ4n) is 4.27. The molecule has 0 saturated carbocycles. The third kappa shape index (κ3) is 2.95. The Kier molecular flexibility index (Phi) is 4.03. The Bertz CT molecular complexity index is 972. The van der Waals surface area contributed by atoms with E-state index < -0.39 is 0 Å². The second-order valence-corrected chi connectivity index (χ2v) is 7.50. The Labute approximate surface area is 158 Å². The molecule has 27 heavy (non-hydrogen) atoms. The Morgan fingerprint density at radius 3 is 2.63 bits per heavy atom. The van der Waals surface area contributed by atoms with Gasteiger partial charge < -0.3 is 4.90 Å². The van der Waals surface area contributed by atoms with E-state index in [1.807, 2.05) is 23.1 Å². The van der Waals surface area contributed by atoms with E-state index in [-0.39, 0.29) is 5.91 Å². The van der Waals surface area contributed by atoms with Crippen LogP contribution >= 0.6 is 0 Å². The van der Waals surface area contributed by atoms with Crippen LogP contribution in [0, 0.1) is 0 Å². The van der Waals surface area contributed by atoms with Gasteiger partial charge in [-0.3, -0.25) is 15.0 Å². The van der Waals surface area contributed by atoms with Crippen LogP contribution in [0.4, 0.5) is 0 Å². The summed E-state index contributed by atoms with van der Waals surface area (Å²) in [5.41, 5.74) is 7.51. The first-order chi connectivity index (χ1) is 13.3. The van der Waals surface area contributed by atoms with Crippen molar-refractivity contribution in [1.29, 1.82) is 0 Å². The fourth-order valence-corrected chi connectivity index (χ4v) is 4.27. The highest BCUT2D eigenvalue weighted by atomic mass is 16.2. The number of fused-ring (bicyclic) bond motifs is 2. The minimum atomic E-state index is 0.0481. The summed E-state index contributed by atoms with van der Waals surface area (Å²) in [7, 11) is 0. The lowest BCUT2D eigenvalue weighted by molar-refractivity contribution is 0.0726. The van der Waals surface area contributed by atoms with Gasteiger partial charge in [0.05, 0.1) is 5.69 Å². The van der Waals surface area contributed by atoms with Gasteiger partial charge in [0.1, 0.15) is 0 Å². The number of benzene rings is 1. The van der Waals surface area contributed by atoms with Crippen molar-refractivity contribution in [2.45, 2.75) is 45.1 Å². The second kappa shape index (κ2) is 6.68. The molecule has 0 fully saturated rings. The molecule has 2 aromatic heterocycles. The minimum absolute atomic E-state index is 0.0481. The predicted octanol–water partition coefficient (Wildman–Crippen LogP) is 2.80. The molecule has 3 heterocycles. The summed E-state index contributed by atoms with van der Waals surface area (Å²) >= 11 is 0. The summed E-state index contributed by atoms with van der Waals surface area (Å²) in [5.74, 6) is 0.0481. The monoisotopic (exact) mass is 361 g/mol. The number of H-pyrrole nitrogens is 2. The summed E-state index contributed by atoms with van der Waals surface area (Å²) in [5, 5.41) is 15.2. The molecule has 0 bridgehead atoms. The van der Waals surface area contributed by atoms with Crippen molar-refractivity contribution in [1.82, 2.24) is 25.3 Å². The molecule has 0 spiro atoms. The van der Waals surface area contributed by atoms with E-state index >= 15 is 0 Å². The van der Waals surface area contributed by atoms with Crippen LogP contribution in [0.3, 0.4) is 0 Å². The Morgan fingerprint density at radius 2 is 1.74 bits per heavy atom. The first-order valence-corrected chi connectivity index (χ1v) is 9.74. The molecule has 0 radical (unpaired) electrons. The Morgan fingerprint density at radius 1 is 0.963 bits per heavy atom. The number of amides is 1. The summed E-state index contributed by atoms with van der Waals surface area (Å²) in [4.78, 5) is 15.1. The molecule has 2 aliphatic rings. The average Bonchev–Trinajstić information content (AvgIpc) is 3.32. The number of nitrogens with zero attached hydrogens (tertiary/aromatic N) is 3. The van der Waals surface area contributed by atoms with Gasteiger partial charge in [0.25, 0.3) is 5.91 Å². The molecule has 1 amide bonds. The predicted molar refractivity (Wildman–Crippen MR) is 102 cm³/mol. The van der Waals surface area contributed by atoms with E-state index in [9.17, 15) is 4.79 Å². The molecule has 0 atom stereocenters. The van der Waals surface area contributed by atoms with Gasteiger partial charge in [-0.25, -0.2) is 0 Å². The van der Waals surface area contributed by atoms with Gasteiger partial charge in [0.2, 0.25) is 0 Å². The number of rotatable bonds is 3. The van der Waals surface area contributed by atoms with Crippen molar-refractivity contribution in [3.8, 4) is 0 Å². The highest BCUT2D eigenvalue weighted by Crippen LogP contribution is 2.27. The van der Waals surface area contributed by atoms with E-state index in [2.05, 4.69) is 32.5 Å². The van der Waals surface area contributed by atoms with Gasteiger partial charge in [0.15, 0.2) is 5.69 Å². The quantitative estimate of drug-likeness (QED) is 0.753. The lowest BCUT2D eigenvalue weighted by Crippen LogP contribution is -2.36. The van der Waals surface area contributed by atoms with Crippen LogP contribution in [0.25, 0.3) is 0 Å². The highest BCUT2D eigenvalue weighted by Gasteiger charge is 2.30. The third-order valence-electron chi connectivity index (χ3n) is 5.78. The van der Waals surface area contributed by atoms with Crippen molar-refractivity contribution >= 4 is 5.91 Å². The zero-order valence-electron chi connectivity index (χ0n) is 15.3. The number of aryl methyl sites for hydroxylation is 1. The molecule has 0 unspecified atom stereocenters. The topological polar surface area (TPSA) is 77.7 Å². The summed E-state index contributed by atoms with van der Waals surface area (Å²) < 4.78 is 0. The lowest BCUT2D eigenvalue weighted by atomic mass is 9.95. The van der Waals surface area contributed by atoms with Gasteiger partial charge in [-0.1, -0.05) is 30.3 Å². The molecule has 2 N–H and O–H groups in total. The second-order valence-electron chi connectivity index (χ2n) is 7.50. The molecular formula is C21H23N5O. The van der Waals surface area contributed by atoms with Crippen LogP contribution in [0.1, 0.15) is 57.1 Å². The molecule has 6 nitrogen and oxygen atoms in total. The standard InChI is InChI=1S/C21H23N5O/c27-21(20-15-8-4-5-9-17(15)23-25-20)26-11-10-18-16(13-26)19(24-22-18)12-14-6-2-1-3-7-14/h1-3,6-7H,4-5,8-13H2,(H,22,24)(H,23,25). The van der Waals surface area contributed by atoms with Gasteiger partial charge in [-0.15, -0.1) is 0 Å². The molecular weight excluding hydrogens is 338 g/mol. The smallest absolute Gasteiger partial charge is 0.274 e. The molecule has 0 saturated heterocycles. The number of carbonyl (C=O) groups is 1. The first kappa shape index (κ1) is 16.3. The normalized spacial score (nSPS) is 16.1. The minimum Gasteiger partial charge on any atom is -0.332 e. The molecule has 6 heteroatoms. The molecule has 1 aromatic carbocycles. The van der Waals surface area contributed by atoms with Crippen LogP contribution in [0.15, 0.2) is 30.3 Å². The van der Waals surface area contributed by atoms with Crippen molar-refractivity contribution in [2.24, 2.45) is 0 Å². The maximum Gasteiger partial charge on any atom is 0.274 e. The first-order valence-electron chi connectivity index (χ1n) is 9.74. The van der Waals surface area contributed by atoms with E-state index in [1.165, 1.54) is 17.5 Å². The zero-order valence-corrected chi connectivity index (χ0v) is 15.3. The Balaban J connectivity index is 1.38. The number of hydrogen-bond acceptors (Lipinski definition) is 3. The van der Waals surface area contributed by atoms with Crippen molar-refractivity contribution in [3.63, 3.8) is 0 Å². The summed E-state index contributed by atoms with van der Waals surface area (Å²) in [6, 6.07) is 10.3. The lowest BCUT2D eigenvalue weighted by Gasteiger charge is -2.27. The van der Waals surface area contributed by atoms with E-state index in [0.717, 1.165) is 54.7 Å². The van der Waals surface area contributed by atoms with Gasteiger partial charge >= 0.3 is 0 Å². The maximum atomic E-state index is 13.1. The maximum absolute atomic E-state index is 13.1. The van der Waals surface area contributed by atoms with Crippen molar-refractivity contribution in [3.05, 3.63) is 69.8 Å². The third-order valence-corrected chi connectivity index (χ3v) is 5.78. The summed E-state index contributed by atoms with van der Waals surface area (Å²) in [6.07, 6.45) is 5.87. The SMILES string of the molecule is O=C(c1n[nH]c2c1CCCC2)N1CCc2[nH]nc(Cc3ccccc3)c2C1.